The van der Waals surface area contributed by atoms with Crippen LogP contribution >= 0.6 is 0 Å². The molecule has 4 rings (SSSR count). The van der Waals surface area contributed by atoms with Gasteiger partial charge in [-0.3, -0.25) is 4.79 Å². The number of amides is 1. The van der Waals surface area contributed by atoms with Crippen molar-refractivity contribution in [2.45, 2.75) is 31.8 Å². The van der Waals surface area contributed by atoms with Crippen molar-refractivity contribution in [1.29, 1.82) is 0 Å². The van der Waals surface area contributed by atoms with Crippen LogP contribution in [0.3, 0.4) is 0 Å². The van der Waals surface area contributed by atoms with Gasteiger partial charge in [-0.25, -0.2) is 9.97 Å². The van der Waals surface area contributed by atoms with Crippen LogP contribution in [0.4, 0.5) is 0 Å². The first-order chi connectivity index (χ1) is 11.8. The van der Waals surface area contributed by atoms with E-state index in [1.54, 1.807) is 12.4 Å². The molecule has 1 unspecified atom stereocenters. The van der Waals surface area contributed by atoms with Gasteiger partial charge in [0.2, 0.25) is 0 Å². The molecule has 3 aromatic rings. The smallest absolute Gasteiger partial charge is 0.254 e. The molecule has 24 heavy (non-hydrogen) atoms. The molecule has 1 atom stereocenters. The van der Waals surface area contributed by atoms with Crippen molar-refractivity contribution in [3.8, 4) is 0 Å². The predicted octanol–water partition coefficient (Wildman–Crippen LogP) is 2.22. The van der Waals surface area contributed by atoms with Gasteiger partial charge in [0.15, 0.2) is 0 Å². The number of fused-ring (bicyclic) bond motifs is 2. The summed E-state index contributed by atoms with van der Waals surface area (Å²) in [5, 5.41) is 3.90. The van der Waals surface area contributed by atoms with Crippen molar-refractivity contribution in [2.75, 3.05) is 0 Å². The fraction of sp³-hybridized carbons (Fsp3) is 0.278. The second-order valence-corrected chi connectivity index (χ2v) is 6.14. The highest BCUT2D eigenvalue weighted by Crippen LogP contribution is 2.31. The van der Waals surface area contributed by atoms with Gasteiger partial charge >= 0.3 is 0 Å². The third-order valence-electron chi connectivity index (χ3n) is 4.66. The molecule has 0 radical (unpaired) electrons. The predicted molar refractivity (Wildman–Crippen MR) is 91.4 cm³/mol. The van der Waals surface area contributed by atoms with Gasteiger partial charge in [0.1, 0.15) is 12.0 Å². The highest BCUT2D eigenvalue weighted by Gasteiger charge is 2.23. The van der Waals surface area contributed by atoms with E-state index in [9.17, 15) is 4.79 Å². The van der Waals surface area contributed by atoms with Crippen LogP contribution in [-0.2, 0) is 13.0 Å². The number of hydrogen-bond acceptors (Lipinski definition) is 4. The Balaban J connectivity index is 1.61. The van der Waals surface area contributed by atoms with Gasteiger partial charge in [-0.05, 0) is 36.0 Å². The third-order valence-corrected chi connectivity index (χ3v) is 4.66. The highest BCUT2D eigenvalue weighted by atomic mass is 16.1. The van der Waals surface area contributed by atoms with E-state index < -0.39 is 0 Å². The minimum atomic E-state index is -0.100. The molecular formula is C18H19N5O. The number of aromatic amines is 1. The van der Waals surface area contributed by atoms with Crippen LogP contribution in [0.5, 0.6) is 0 Å². The Morgan fingerprint density at radius 3 is 3.21 bits per heavy atom. The Morgan fingerprint density at radius 1 is 1.42 bits per heavy atom. The van der Waals surface area contributed by atoms with E-state index in [2.05, 4.69) is 32.4 Å². The number of nitrogens with two attached hydrogens (primary N) is 1. The van der Waals surface area contributed by atoms with Crippen LogP contribution < -0.4 is 11.1 Å². The molecule has 1 amide bonds. The number of nitrogens with one attached hydrogen (secondary N) is 2. The van der Waals surface area contributed by atoms with Gasteiger partial charge in [-0.2, -0.15) is 0 Å². The van der Waals surface area contributed by atoms with Crippen molar-refractivity contribution in [1.82, 2.24) is 20.3 Å². The Labute approximate surface area is 139 Å². The lowest BCUT2D eigenvalue weighted by molar-refractivity contribution is 0.0934. The average Bonchev–Trinajstić information content (AvgIpc) is 3.05. The minimum Gasteiger partial charge on any atom is -0.345 e. The van der Waals surface area contributed by atoms with E-state index in [4.69, 9.17) is 5.73 Å². The summed E-state index contributed by atoms with van der Waals surface area (Å²) >= 11 is 0. The maximum atomic E-state index is 12.7. The number of aromatic nitrogens is 3. The zero-order valence-electron chi connectivity index (χ0n) is 13.2. The lowest BCUT2D eigenvalue weighted by Gasteiger charge is -2.27. The molecule has 1 aliphatic rings. The second kappa shape index (κ2) is 6.05. The number of H-pyrrole nitrogens is 1. The number of carbonyl (C=O) groups is 1. The normalized spacial score (nSPS) is 16.8. The van der Waals surface area contributed by atoms with Crippen LogP contribution in [-0.4, -0.2) is 20.9 Å². The highest BCUT2D eigenvalue weighted by molar-refractivity contribution is 6.05. The van der Waals surface area contributed by atoms with Crippen molar-refractivity contribution in [2.24, 2.45) is 5.73 Å². The zero-order chi connectivity index (χ0) is 16.5. The molecule has 0 spiro atoms. The van der Waals surface area contributed by atoms with Crippen LogP contribution in [0, 0.1) is 0 Å². The Kier molecular flexibility index (Phi) is 3.74. The molecule has 0 aliphatic heterocycles. The topological polar surface area (TPSA) is 96.7 Å². The molecule has 0 saturated carbocycles. The summed E-state index contributed by atoms with van der Waals surface area (Å²) in [6, 6.07) is 6.33. The number of benzene rings is 1. The van der Waals surface area contributed by atoms with E-state index in [0.717, 1.165) is 30.2 Å². The molecule has 0 fully saturated rings. The van der Waals surface area contributed by atoms with Crippen LogP contribution in [0.25, 0.3) is 11.0 Å². The van der Waals surface area contributed by atoms with Gasteiger partial charge in [-0.15, -0.1) is 0 Å². The molecule has 0 bridgehead atoms. The van der Waals surface area contributed by atoms with Crippen molar-refractivity contribution < 1.29 is 4.79 Å². The first-order valence-electron chi connectivity index (χ1n) is 8.16. The van der Waals surface area contributed by atoms with Gasteiger partial charge in [-0.1, -0.05) is 18.2 Å². The van der Waals surface area contributed by atoms with Gasteiger partial charge < -0.3 is 16.0 Å². The van der Waals surface area contributed by atoms with E-state index in [0.29, 0.717) is 17.8 Å². The molecule has 122 valence electrons. The fourth-order valence-electron chi connectivity index (χ4n) is 3.43. The zero-order valence-corrected chi connectivity index (χ0v) is 13.2. The van der Waals surface area contributed by atoms with Gasteiger partial charge in [0.05, 0.1) is 11.6 Å². The summed E-state index contributed by atoms with van der Waals surface area (Å²) in [6.07, 6.45) is 7.86. The molecule has 6 heteroatoms. The van der Waals surface area contributed by atoms with E-state index in [1.165, 1.54) is 17.5 Å². The average molecular weight is 321 g/mol. The van der Waals surface area contributed by atoms with Crippen LogP contribution in [0.2, 0.25) is 0 Å². The summed E-state index contributed by atoms with van der Waals surface area (Å²) in [5.41, 5.74) is 10.6. The second-order valence-electron chi connectivity index (χ2n) is 6.14. The Bertz CT molecular complexity index is 901. The van der Waals surface area contributed by atoms with Crippen LogP contribution in [0.15, 0.2) is 36.9 Å². The SMILES string of the molecule is NCc1ccc2c(c1)CCCC2NC(=O)c1c[nH]c2ncncc12. The molecule has 2 aromatic heterocycles. The molecule has 6 nitrogen and oxygen atoms in total. The van der Waals surface area contributed by atoms with Crippen molar-refractivity contribution >= 4 is 16.9 Å². The Hall–Kier alpha value is -2.73. The first kappa shape index (κ1) is 14.8. The number of aryl methyl sites for hydroxylation is 1. The number of nitrogens with zero attached hydrogens (tertiary/aromatic N) is 2. The monoisotopic (exact) mass is 321 g/mol. The molecule has 1 aromatic carbocycles. The summed E-state index contributed by atoms with van der Waals surface area (Å²) in [5.74, 6) is -0.100. The fourth-order valence-corrected chi connectivity index (χ4v) is 3.43. The third kappa shape index (κ3) is 2.55. The molecule has 1 aliphatic carbocycles. The maximum Gasteiger partial charge on any atom is 0.254 e. The largest absolute Gasteiger partial charge is 0.345 e. The molecular weight excluding hydrogens is 302 g/mol. The molecule has 4 N–H and O–H groups in total. The number of carbonyl (C=O) groups excluding carboxylic acids is 1. The summed E-state index contributed by atoms with van der Waals surface area (Å²) in [7, 11) is 0. The number of rotatable bonds is 3. The number of hydrogen-bond donors (Lipinski definition) is 3. The lowest BCUT2D eigenvalue weighted by atomic mass is 9.86. The maximum absolute atomic E-state index is 12.7. The standard InChI is InChI=1S/C18H19N5O/c19-7-11-4-5-13-12(6-11)2-1-3-16(13)23-18(24)15-9-21-17-14(15)8-20-10-22-17/h4-6,8-10,16H,1-3,7,19H2,(H,23,24)(H,20,21,22). The first-order valence-corrected chi connectivity index (χ1v) is 8.16. The quantitative estimate of drug-likeness (QED) is 0.689. The summed E-state index contributed by atoms with van der Waals surface area (Å²) in [6.45, 7) is 0.541. The summed E-state index contributed by atoms with van der Waals surface area (Å²) in [4.78, 5) is 23.9. The van der Waals surface area contributed by atoms with E-state index in [-0.39, 0.29) is 11.9 Å². The van der Waals surface area contributed by atoms with Gasteiger partial charge in [0.25, 0.3) is 5.91 Å². The van der Waals surface area contributed by atoms with E-state index >= 15 is 0 Å². The van der Waals surface area contributed by atoms with Crippen LogP contribution in [0.1, 0.15) is 45.9 Å². The van der Waals surface area contributed by atoms with Crippen molar-refractivity contribution in [3.63, 3.8) is 0 Å². The molecule has 2 heterocycles. The van der Waals surface area contributed by atoms with E-state index in [1.807, 2.05) is 6.07 Å². The summed E-state index contributed by atoms with van der Waals surface area (Å²) < 4.78 is 0. The van der Waals surface area contributed by atoms with Gasteiger partial charge in [0, 0.05) is 24.3 Å². The molecule has 0 saturated heterocycles. The van der Waals surface area contributed by atoms with Crippen molar-refractivity contribution in [3.05, 3.63) is 59.2 Å². The lowest BCUT2D eigenvalue weighted by Crippen LogP contribution is -2.31. The minimum absolute atomic E-state index is 0.0302. The Morgan fingerprint density at radius 2 is 2.33 bits per heavy atom.